The van der Waals surface area contributed by atoms with Gasteiger partial charge in [0.1, 0.15) is 17.3 Å². The van der Waals surface area contributed by atoms with Crippen molar-refractivity contribution in [2.24, 2.45) is 0 Å². The molecule has 0 aliphatic carbocycles. The van der Waals surface area contributed by atoms with Gasteiger partial charge in [0.15, 0.2) is 0 Å². The molecular formula is C6H12Cl4S. The lowest BCUT2D eigenvalue weighted by Crippen LogP contribution is -3.00. The van der Waals surface area contributed by atoms with Gasteiger partial charge in [-0.2, -0.15) is 0 Å². The summed E-state index contributed by atoms with van der Waals surface area (Å²) in [5.41, 5.74) is 0. The Morgan fingerprint density at radius 1 is 0.727 bits per heavy atom. The summed E-state index contributed by atoms with van der Waals surface area (Å²) in [7, 11) is 0.380. The van der Waals surface area contributed by atoms with Crippen LogP contribution in [0.2, 0.25) is 0 Å². The maximum Gasteiger partial charge on any atom is 0.121 e. The van der Waals surface area contributed by atoms with E-state index in [1.54, 1.807) is 0 Å². The minimum absolute atomic E-state index is 0. The number of alkyl halides is 3. The second kappa shape index (κ2) is 11.5. The first-order valence-corrected chi connectivity index (χ1v) is 6.50. The zero-order valence-electron chi connectivity index (χ0n) is 6.16. The molecule has 0 aromatic carbocycles. The molecule has 0 radical (unpaired) electrons. The molecular weight excluding hydrogens is 246 g/mol. The summed E-state index contributed by atoms with van der Waals surface area (Å²) in [6.07, 6.45) is 0. The van der Waals surface area contributed by atoms with Crippen molar-refractivity contribution in [1.82, 2.24) is 0 Å². The predicted octanol–water partition coefficient (Wildman–Crippen LogP) is -0.675. The Balaban J connectivity index is 0. The summed E-state index contributed by atoms with van der Waals surface area (Å²) in [4.78, 5) is 0. The molecule has 0 atom stereocenters. The number of halogens is 4. The first-order chi connectivity index (χ1) is 4.85. The molecule has 0 fully saturated rings. The third kappa shape index (κ3) is 9.42. The minimum atomic E-state index is 0. The molecule has 0 aliphatic heterocycles. The van der Waals surface area contributed by atoms with Crippen LogP contribution in [0.4, 0.5) is 0 Å². The highest BCUT2D eigenvalue weighted by Crippen LogP contribution is 2.00. The fourth-order valence-corrected chi connectivity index (χ4v) is 3.86. The van der Waals surface area contributed by atoms with E-state index in [1.165, 1.54) is 0 Å². The van der Waals surface area contributed by atoms with E-state index in [0.29, 0.717) is 10.9 Å². The van der Waals surface area contributed by atoms with Crippen molar-refractivity contribution in [2.45, 2.75) is 0 Å². The van der Waals surface area contributed by atoms with E-state index in [0.717, 1.165) is 34.9 Å². The summed E-state index contributed by atoms with van der Waals surface area (Å²) in [5, 5.41) is 0. The molecule has 11 heavy (non-hydrogen) atoms. The Bertz CT molecular complexity index is 57.3. The van der Waals surface area contributed by atoms with Gasteiger partial charge in [-0.3, -0.25) is 0 Å². The molecule has 70 valence electrons. The lowest BCUT2D eigenvalue weighted by atomic mass is 10.9. The highest BCUT2D eigenvalue weighted by molar-refractivity contribution is 7.97. The standard InChI is InChI=1S/C6H12Cl3S.ClH/c7-1-4-10(5-2-8)6-3-9;/h1-6H2;1H/q+1;/p-1. The third-order valence-electron chi connectivity index (χ3n) is 1.10. The van der Waals surface area contributed by atoms with Crippen molar-refractivity contribution >= 4 is 45.7 Å². The fraction of sp³-hybridized carbons (Fsp3) is 1.00. The van der Waals surface area contributed by atoms with E-state index in [2.05, 4.69) is 0 Å². The minimum Gasteiger partial charge on any atom is -1.00 e. The molecule has 0 unspecified atom stereocenters. The van der Waals surface area contributed by atoms with Crippen LogP contribution in [-0.4, -0.2) is 34.9 Å². The smallest absolute Gasteiger partial charge is 0.121 e. The van der Waals surface area contributed by atoms with Gasteiger partial charge in [-0.1, -0.05) is 0 Å². The van der Waals surface area contributed by atoms with Crippen molar-refractivity contribution in [3.8, 4) is 0 Å². The van der Waals surface area contributed by atoms with Crippen LogP contribution in [0, 0.1) is 0 Å². The normalized spacial score (nSPS) is 9.82. The molecule has 0 N–H and O–H groups in total. The van der Waals surface area contributed by atoms with E-state index < -0.39 is 0 Å². The van der Waals surface area contributed by atoms with Crippen LogP contribution in [0.3, 0.4) is 0 Å². The first-order valence-electron chi connectivity index (χ1n) is 3.17. The maximum atomic E-state index is 5.59. The molecule has 0 rings (SSSR count). The Morgan fingerprint density at radius 2 is 1.00 bits per heavy atom. The van der Waals surface area contributed by atoms with Gasteiger partial charge in [-0.05, 0) is 10.9 Å². The van der Waals surface area contributed by atoms with E-state index in [1.807, 2.05) is 0 Å². The predicted molar refractivity (Wildman–Crippen MR) is 54.1 cm³/mol. The van der Waals surface area contributed by atoms with E-state index >= 15 is 0 Å². The second-order valence-corrected chi connectivity index (χ2v) is 5.38. The molecule has 0 amide bonds. The van der Waals surface area contributed by atoms with Gasteiger partial charge in [-0.25, -0.2) is 0 Å². The summed E-state index contributed by atoms with van der Waals surface area (Å²) in [5.74, 6) is 5.41. The first kappa shape index (κ1) is 15.0. The largest absolute Gasteiger partial charge is 1.00 e. The van der Waals surface area contributed by atoms with Crippen molar-refractivity contribution in [3.05, 3.63) is 0 Å². The van der Waals surface area contributed by atoms with Gasteiger partial charge in [0.05, 0.1) is 17.6 Å². The second-order valence-electron chi connectivity index (χ2n) is 1.79. The van der Waals surface area contributed by atoms with Crippen LogP contribution in [-0.2, 0) is 10.9 Å². The molecule has 5 heteroatoms. The molecule has 0 bridgehead atoms. The van der Waals surface area contributed by atoms with Crippen molar-refractivity contribution < 1.29 is 12.4 Å². The van der Waals surface area contributed by atoms with Crippen molar-refractivity contribution in [1.29, 1.82) is 0 Å². The number of hydrogen-bond donors (Lipinski definition) is 0. The maximum absolute atomic E-state index is 5.59. The summed E-state index contributed by atoms with van der Waals surface area (Å²) in [6, 6.07) is 0. The summed E-state index contributed by atoms with van der Waals surface area (Å²) in [6.45, 7) is 0. The van der Waals surface area contributed by atoms with Crippen LogP contribution < -0.4 is 12.4 Å². The van der Waals surface area contributed by atoms with Crippen molar-refractivity contribution in [2.75, 3.05) is 34.9 Å². The highest BCUT2D eigenvalue weighted by Gasteiger charge is 2.14. The van der Waals surface area contributed by atoms with E-state index in [9.17, 15) is 0 Å². The van der Waals surface area contributed by atoms with Gasteiger partial charge < -0.3 is 12.4 Å². The van der Waals surface area contributed by atoms with Gasteiger partial charge in [-0.15, -0.1) is 34.8 Å². The van der Waals surface area contributed by atoms with E-state index in [-0.39, 0.29) is 12.4 Å². The topological polar surface area (TPSA) is 0 Å². The number of hydrogen-bond acceptors (Lipinski definition) is 0. The van der Waals surface area contributed by atoms with Crippen LogP contribution in [0.5, 0.6) is 0 Å². The molecule has 0 aromatic heterocycles. The molecule has 0 nitrogen and oxygen atoms in total. The Hall–Kier alpha value is 1.51. The fourth-order valence-electron chi connectivity index (χ4n) is 0.634. The average Bonchev–Trinajstić information content (AvgIpc) is 1.90. The lowest BCUT2D eigenvalue weighted by molar-refractivity contribution is -0.00000190. The molecule has 0 spiro atoms. The van der Waals surface area contributed by atoms with Crippen molar-refractivity contribution in [3.63, 3.8) is 0 Å². The van der Waals surface area contributed by atoms with Crippen LogP contribution in [0.25, 0.3) is 0 Å². The Labute approximate surface area is 92.7 Å². The molecule has 0 saturated carbocycles. The molecule has 0 aromatic rings. The van der Waals surface area contributed by atoms with Crippen LogP contribution in [0.15, 0.2) is 0 Å². The quantitative estimate of drug-likeness (QED) is 0.437. The highest BCUT2D eigenvalue weighted by atomic mass is 35.5. The SMILES string of the molecule is ClCC[S+](CCCl)CCCl.[Cl-]. The van der Waals surface area contributed by atoms with Gasteiger partial charge in [0.25, 0.3) is 0 Å². The molecule has 0 aliphatic rings. The van der Waals surface area contributed by atoms with E-state index in [4.69, 9.17) is 34.8 Å². The Morgan fingerprint density at radius 3 is 1.18 bits per heavy atom. The van der Waals surface area contributed by atoms with Crippen LogP contribution >= 0.6 is 34.8 Å². The zero-order valence-corrected chi connectivity index (χ0v) is 10.0. The van der Waals surface area contributed by atoms with Gasteiger partial charge in [0.2, 0.25) is 0 Å². The van der Waals surface area contributed by atoms with Crippen LogP contribution in [0.1, 0.15) is 0 Å². The molecule has 0 heterocycles. The van der Waals surface area contributed by atoms with Gasteiger partial charge in [0, 0.05) is 0 Å². The monoisotopic (exact) mass is 256 g/mol. The summed E-state index contributed by atoms with van der Waals surface area (Å²) >= 11 is 16.8. The average molecular weight is 258 g/mol. The third-order valence-corrected chi connectivity index (χ3v) is 4.68. The zero-order chi connectivity index (χ0) is 7.82. The molecule has 0 saturated heterocycles. The number of rotatable bonds is 6. The Kier molecular flexibility index (Phi) is 15.7. The lowest BCUT2D eigenvalue weighted by Gasteiger charge is -2.02. The summed E-state index contributed by atoms with van der Waals surface area (Å²) < 4.78 is 0. The van der Waals surface area contributed by atoms with Gasteiger partial charge >= 0.3 is 0 Å².